The Balaban J connectivity index is 4.41. The number of hydrogen-bond acceptors (Lipinski definition) is 0. The molecule has 0 fully saturated rings. The molecule has 0 amide bonds. The summed E-state index contributed by atoms with van der Waals surface area (Å²) in [7, 11) is 0. The molecule has 1 radical (unpaired) electrons. The zero-order valence-corrected chi connectivity index (χ0v) is 22.0. The van der Waals surface area contributed by atoms with Crippen molar-refractivity contribution in [2.24, 2.45) is 17.8 Å². The minimum atomic E-state index is 0.692. The van der Waals surface area contributed by atoms with Crippen LogP contribution in [0, 0.1) is 24.7 Å². The average molecular weight is 422 g/mol. The molecule has 0 bridgehead atoms. The van der Waals surface area contributed by atoms with Crippen molar-refractivity contribution in [2.45, 2.75) is 169 Å². The quantitative estimate of drug-likeness (QED) is 0.136. The Morgan fingerprint density at radius 1 is 0.433 bits per heavy atom. The molecule has 0 heterocycles. The van der Waals surface area contributed by atoms with Crippen LogP contribution < -0.4 is 0 Å². The second-order valence-electron chi connectivity index (χ2n) is 10.3. The van der Waals surface area contributed by atoms with E-state index in [0.29, 0.717) is 5.92 Å². The Morgan fingerprint density at radius 2 is 0.800 bits per heavy atom. The lowest BCUT2D eigenvalue weighted by Crippen LogP contribution is -2.22. The molecule has 0 spiro atoms. The lowest BCUT2D eigenvalue weighted by atomic mass is 9.74. The van der Waals surface area contributed by atoms with E-state index in [4.69, 9.17) is 6.92 Å². The molecule has 0 nitrogen and oxygen atoms in total. The van der Waals surface area contributed by atoms with E-state index in [9.17, 15) is 0 Å². The van der Waals surface area contributed by atoms with E-state index in [2.05, 4.69) is 27.7 Å². The molecule has 181 valence electrons. The summed E-state index contributed by atoms with van der Waals surface area (Å²) in [4.78, 5) is 0. The molecule has 3 unspecified atom stereocenters. The first-order valence-electron chi connectivity index (χ1n) is 14.5. The summed E-state index contributed by atoms with van der Waals surface area (Å²) < 4.78 is 0. The molecular formula is C30H61. The second-order valence-corrected chi connectivity index (χ2v) is 10.3. The number of hydrogen-bond donors (Lipinski definition) is 0. The van der Waals surface area contributed by atoms with Crippen molar-refractivity contribution in [3.05, 3.63) is 6.92 Å². The molecule has 0 aromatic heterocycles. The monoisotopic (exact) mass is 421 g/mol. The highest BCUT2D eigenvalue weighted by Gasteiger charge is 2.24. The highest BCUT2D eigenvalue weighted by molar-refractivity contribution is 4.79. The van der Waals surface area contributed by atoms with Crippen molar-refractivity contribution >= 4 is 0 Å². The fourth-order valence-corrected chi connectivity index (χ4v) is 5.33. The Bertz CT molecular complexity index is 307. The smallest absolute Gasteiger partial charge is 0.0358 e. The molecule has 0 rings (SSSR count). The molecule has 0 saturated carbocycles. The SMILES string of the molecule is [CH2]C(CCCCCCCC)C(CCCCCCCC)C(CC)CCCCCCCC. The van der Waals surface area contributed by atoms with Gasteiger partial charge in [-0.3, -0.25) is 0 Å². The fourth-order valence-electron chi connectivity index (χ4n) is 5.33. The van der Waals surface area contributed by atoms with Crippen molar-refractivity contribution in [3.8, 4) is 0 Å². The summed E-state index contributed by atoms with van der Waals surface area (Å²) in [5.74, 6) is 2.50. The van der Waals surface area contributed by atoms with Gasteiger partial charge in [-0.25, -0.2) is 0 Å². The van der Waals surface area contributed by atoms with Gasteiger partial charge in [0.25, 0.3) is 0 Å². The van der Waals surface area contributed by atoms with Crippen molar-refractivity contribution in [2.75, 3.05) is 0 Å². The van der Waals surface area contributed by atoms with Crippen LogP contribution in [-0.2, 0) is 0 Å². The predicted octanol–water partition coefficient (Wildman–Crippen LogP) is 11.3. The summed E-state index contributed by atoms with van der Waals surface area (Å²) in [6.45, 7) is 14.1. The van der Waals surface area contributed by atoms with E-state index < -0.39 is 0 Å². The van der Waals surface area contributed by atoms with E-state index in [0.717, 1.165) is 11.8 Å². The molecule has 3 atom stereocenters. The van der Waals surface area contributed by atoms with Crippen molar-refractivity contribution in [1.82, 2.24) is 0 Å². The first kappa shape index (κ1) is 30.0. The summed E-state index contributed by atoms with van der Waals surface area (Å²) in [6.07, 6.45) is 31.4. The van der Waals surface area contributed by atoms with Crippen LogP contribution in [0.15, 0.2) is 0 Å². The Labute approximate surface area is 193 Å². The zero-order valence-electron chi connectivity index (χ0n) is 22.0. The van der Waals surface area contributed by atoms with Crippen molar-refractivity contribution in [3.63, 3.8) is 0 Å². The minimum Gasteiger partial charge on any atom is -0.0654 e. The van der Waals surface area contributed by atoms with Gasteiger partial charge < -0.3 is 0 Å². The van der Waals surface area contributed by atoms with Crippen LogP contribution in [0.2, 0.25) is 0 Å². The summed E-state index contributed by atoms with van der Waals surface area (Å²) in [6, 6.07) is 0. The maximum Gasteiger partial charge on any atom is -0.0358 e. The first-order valence-corrected chi connectivity index (χ1v) is 14.5. The second kappa shape index (κ2) is 23.7. The number of rotatable bonds is 24. The first-order chi connectivity index (χ1) is 14.7. The van der Waals surface area contributed by atoms with Gasteiger partial charge in [-0.2, -0.15) is 0 Å². The topological polar surface area (TPSA) is 0 Å². The molecule has 0 aliphatic heterocycles. The van der Waals surface area contributed by atoms with Crippen molar-refractivity contribution < 1.29 is 0 Å². The van der Waals surface area contributed by atoms with Gasteiger partial charge in [0.2, 0.25) is 0 Å². The van der Waals surface area contributed by atoms with Gasteiger partial charge in [0.15, 0.2) is 0 Å². The van der Waals surface area contributed by atoms with Crippen LogP contribution in [0.4, 0.5) is 0 Å². The molecule has 0 aliphatic carbocycles. The summed E-state index contributed by atoms with van der Waals surface area (Å²) >= 11 is 0. The van der Waals surface area contributed by atoms with E-state index in [1.807, 2.05) is 0 Å². The Morgan fingerprint density at radius 3 is 1.23 bits per heavy atom. The molecule has 0 N–H and O–H groups in total. The predicted molar refractivity (Wildman–Crippen MR) is 140 cm³/mol. The van der Waals surface area contributed by atoms with Gasteiger partial charge in [-0.1, -0.05) is 163 Å². The highest BCUT2D eigenvalue weighted by atomic mass is 14.3. The van der Waals surface area contributed by atoms with Crippen LogP contribution in [0.5, 0.6) is 0 Å². The van der Waals surface area contributed by atoms with Crippen LogP contribution in [0.3, 0.4) is 0 Å². The molecule has 0 aromatic rings. The van der Waals surface area contributed by atoms with Gasteiger partial charge in [-0.05, 0) is 31.1 Å². The van der Waals surface area contributed by atoms with Gasteiger partial charge in [0.05, 0.1) is 0 Å². The average Bonchev–Trinajstić information content (AvgIpc) is 2.76. The van der Waals surface area contributed by atoms with Gasteiger partial charge in [-0.15, -0.1) is 0 Å². The zero-order chi connectivity index (χ0) is 22.3. The normalized spacial score (nSPS) is 14.7. The van der Waals surface area contributed by atoms with Crippen molar-refractivity contribution in [1.29, 1.82) is 0 Å². The van der Waals surface area contributed by atoms with Gasteiger partial charge in [0.1, 0.15) is 0 Å². The fraction of sp³-hybridized carbons (Fsp3) is 0.967. The summed E-state index contributed by atoms with van der Waals surface area (Å²) in [5, 5.41) is 0. The van der Waals surface area contributed by atoms with Crippen LogP contribution in [0.25, 0.3) is 0 Å². The molecule has 0 heteroatoms. The summed E-state index contributed by atoms with van der Waals surface area (Å²) in [5.41, 5.74) is 0. The van der Waals surface area contributed by atoms with E-state index in [1.54, 1.807) is 0 Å². The molecule has 30 heavy (non-hydrogen) atoms. The minimum absolute atomic E-state index is 0.692. The standard InChI is InChI=1S/C30H61/c1-6-10-13-16-19-22-25-28(5)30(27-24-21-18-15-12-8-3)29(9-4)26-23-20-17-14-11-7-2/h28-30H,5-27H2,1-4H3. The van der Waals surface area contributed by atoms with Crippen LogP contribution in [0.1, 0.15) is 169 Å². The molecule has 0 aliphatic rings. The molecule has 0 saturated heterocycles. The third-order valence-electron chi connectivity index (χ3n) is 7.48. The Hall–Kier alpha value is 0. The lowest BCUT2D eigenvalue weighted by Gasteiger charge is -2.32. The molecule has 0 aromatic carbocycles. The Kier molecular flexibility index (Phi) is 23.7. The van der Waals surface area contributed by atoms with Gasteiger partial charge in [0, 0.05) is 0 Å². The highest BCUT2D eigenvalue weighted by Crippen LogP contribution is 2.35. The molecular weight excluding hydrogens is 360 g/mol. The van der Waals surface area contributed by atoms with Gasteiger partial charge >= 0.3 is 0 Å². The largest absolute Gasteiger partial charge is 0.0654 e. The van der Waals surface area contributed by atoms with E-state index in [-0.39, 0.29) is 0 Å². The number of unbranched alkanes of at least 4 members (excludes halogenated alkanes) is 15. The van der Waals surface area contributed by atoms with Crippen LogP contribution >= 0.6 is 0 Å². The maximum atomic E-state index is 4.74. The van der Waals surface area contributed by atoms with E-state index in [1.165, 1.54) is 141 Å². The lowest BCUT2D eigenvalue weighted by molar-refractivity contribution is 0.202. The maximum absolute atomic E-state index is 4.74. The third kappa shape index (κ3) is 17.7. The van der Waals surface area contributed by atoms with Crippen LogP contribution in [-0.4, -0.2) is 0 Å². The third-order valence-corrected chi connectivity index (χ3v) is 7.48. The van der Waals surface area contributed by atoms with E-state index >= 15 is 0 Å².